The van der Waals surface area contributed by atoms with E-state index in [4.69, 9.17) is 0 Å². The lowest BCUT2D eigenvalue weighted by atomic mass is 10.1. The second kappa shape index (κ2) is 5.05. The summed E-state index contributed by atoms with van der Waals surface area (Å²) in [5.41, 5.74) is 3.44. The third kappa shape index (κ3) is 2.79. The maximum atomic E-state index is 11.3. The smallest absolute Gasteiger partial charge is 0.323 e. The molecule has 0 amide bonds. The molecule has 108 valence electrons. The molecule has 0 fully saturated rings. The van der Waals surface area contributed by atoms with Crippen LogP contribution in [0, 0.1) is 13.8 Å². The van der Waals surface area contributed by atoms with E-state index < -0.39 is 0 Å². The predicted molar refractivity (Wildman–Crippen MR) is 82.5 cm³/mol. The summed E-state index contributed by atoms with van der Waals surface area (Å²) in [5, 5.41) is 3.36. The molecule has 1 atom stereocenters. The second-order valence-corrected chi connectivity index (χ2v) is 5.19. The van der Waals surface area contributed by atoms with Gasteiger partial charge in [-0.1, -0.05) is 6.07 Å². The molecular weight excluding hydrogens is 266 g/mol. The quantitative estimate of drug-likeness (QED) is 0.689. The number of aromatic amines is 2. The molecule has 21 heavy (non-hydrogen) atoms. The highest BCUT2D eigenvalue weighted by atomic mass is 16.1. The van der Waals surface area contributed by atoms with Gasteiger partial charge in [-0.3, -0.25) is 0 Å². The Morgan fingerprint density at radius 2 is 1.86 bits per heavy atom. The SMILES string of the molecule is Cc1cc(N[C@@H](C)c2ccc3[nH]c(=O)[nH]c3c2)nc(C)n1. The van der Waals surface area contributed by atoms with Gasteiger partial charge in [-0.05, 0) is 38.5 Å². The molecule has 3 N–H and O–H groups in total. The fraction of sp³-hybridized carbons (Fsp3) is 0.267. The Hall–Kier alpha value is -2.63. The Balaban J connectivity index is 1.88. The van der Waals surface area contributed by atoms with E-state index in [2.05, 4.69) is 32.2 Å². The first-order chi connectivity index (χ1) is 10.0. The summed E-state index contributed by atoms with van der Waals surface area (Å²) < 4.78 is 0. The number of H-pyrrole nitrogens is 2. The van der Waals surface area contributed by atoms with Gasteiger partial charge in [0.25, 0.3) is 0 Å². The molecule has 2 heterocycles. The predicted octanol–water partition coefficient (Wildman–Crippen LogP) is 2.44. The summed E-state index contributed by atoms with van der Waals surface area (Å²) in [4.78, 5) is 25.4. The van der Waals surface area contributed by atoms with Gasteiger partial charge in [-0.25, -0.2) is 14.8 Å². The standard InChI is InChI=1S/C15H17N5O/c1-8-6-14(18-10(3)16-8)17-9(2)11-4-5-12-13(7-11)20-15(21)19-12/h4-7,9H,1-3H3,(H,16,17,18)(H2,19,20,21)/t9-/m0/s1. The summed E-state index contributed by atoms with van der Waals surface area (Å²) >= 11 is 0. The summed E-state index contributed by atoms with van der Waals surface area (Å²) in [6.45, 7) is 5.87. The monoisotopic (exact) mass is 283 g/mol. The summed E-state index contributed by atoms with van der Waals surface area (Å²) in [6, 6.07) is 7.84. The molecule has 3 aromatic rings. The second-order valence-electron chi connectivity index (χ2n) is 5.19. The van der Waals surface area contributed by atoms with Gasteiger partial charge in [0.05, 0.1) is 17.1 Å². The molecule has 0 spiro atoms. The number of rotatable bonds is 3. The number of anilines is 1. The van der Waals surface area contributed by atoms with E-state index in [9.17, 15) is 4.79 Å². The largest absolute Gasteiger partial charge is 0.363 e. The van der Waals surface area contributed by atoms with E-state index in [1.54, 1.807) is 0 Å². The van der Waals surface area contributed by atoms with Crippen molar-refractivity contribution in [1.82, 2.24) is 19.9 Å². The zero-order valence-electron chi connectivity index (χ0n) is 12.2. The Kier molecular flexibility index (Phi) is 3.21. The fourth-order valence-electron chi connectivity index (χ4n) is 2.42. The number of aryl methyl sites for hydroxylation is 2. The number of nitrogens with zero attached hydrogens (tertiary/aromatic N) is 2. The molecule has 0 aliphatic rings. The molecule has 1 aromatic carbocycles. The summed E-state index contributed by atoms with van der Waals surface area (Å²) in [5.74, 6) is 1.55. The van der Waals surface area contributed by atoms with Crippen LogP contribution in [0.4, 0.5) is 5.82 Å². The van der Waals surface area contributed by atoms with E-state index in [0.29, 0.717) is 0 Å². The molecule has 2 aromatic heterocycles. The van der Waals surface area contributed by atoms with Crippen LogP contribution in [0.15, 0.2) is 29.1 Å². The molecule has 0 radical (unpaired) electrons. The van der Waals surface area contributed by atoms with Crippen LogP contribution in [0.5, 0.6) is 0 Å². The summed E-state index contributed by atoms with van der Waals surface area (Å²) in [6.07, 6.45) is 0. The van der Waals surface area contributed by atoms with Crippen molar-refractivity contribution in [2.24, 2.45) is 0 Å². The van der Waals surface area contributed by atoms with Crippen LogP contribution in [0.3, 0.4) is 0 Å². The molecule has 6 heteroatoms. The van der Waals surface area contributed by atoms with Crippen LogP contribution < -0.4 is 11.0 Å². The lowest BCUT2D eigenvalue weighted by molar-refractivity contribution is 0.865. The summed E-state index contributed by atoms with van der Waals surface area (Å²) in [7, 11) is 0. The van der Waals surface area contributed by atoms with Crippen molar-refractivity contribution in [3.05, 3.63) is 51.8 Å². The van der Waals surface area contributed by atoms with Crippen molar-refractivity contribution in [1.29, 1.82) is 0 Å². The third-order valence-electron chi connectivity index (χ3n) is 3.37. The van der Waals surface area contributed by atoms with Crippen molar-refractivity contribution in [2.45, 2.75) is 26.8 Å². The first-order valence-corrected chi connectivity index (χ1v) is 6.82. The zero-order valence-corrected chi connectivity index (χ0v) is 12.2. The van der Waals surface area contributed by atoms with Crippen LogP contribution in [-0.4, -0.2) is 19.9 Å². The van der Waals surface area contributed by atoms with E-state index in [1.165, 1.54) is 0 Å². The van der Waals surface area contributed by atoms with Crippen LogP contribution in [-0.2, 0) is 0 Å². The van der Waals surface area contributed by atoms with Crippen LogP contribution in [0.2, 0.25) is 0 Å². The molecular formula is C15H17N5O. The maximum Gasteiger partial charge on any atom is 0.323 e. The number of hydrogen-bond donors (Lipinski definition) is 3. The number of hydrogen-bond acceptors (Lipinski definition) is 4. The first-order valence-electron chi connectivity index (χ1n) is 6.82. The Labute approximate surface area is 121 Å². The topological polar surface area (TPSA) is 86.5 Å². The number of fused-ring (bicyclic) bond motifs is 1. The Bertz CT molecular complexity index is 828. The van der Waals surface area contributed by atoms with E-state index in [1.807, 2.05) is 38.1 Å². The molecule has 0 unspecified atom stereocenters. The van der Waals surface area contributed by atoms with Crippen molar-refractivity contribution in [3.63, 3.8) is 0 Å². The average Bonchev–Trinajstić information content (AvgIpc) is 2.76. The lowest BCUT2D eigenvalue weighted by Crippen LogP contribution is -2.09. The van der Waals surface area contributed by atoms with E-state index >= 15 is 0 Å². The highest BCUT2D eigenvalue weighted by Gasteiger charge is 2.09. The van der Waals surface area contributed by atoms with Crippen molar-refractivity contribution in [3.8, 4) is 0 Å². The highest BCUT2D eigenvalue weighted by Crippen LogP contribution is 2.21. The van der Waals surface area contributed by atoms with Gasteiger partial charge in [0.2, 0.25) is 0 Å². The minimum atomic E-state index is -0.190. The minimum absolute atomic E-state index is 0.0708. The van der Waals surface area contributed by atoms with Gasteiger partial charge in [0.15, 0.2) is 0 Å². The van der Waals surface area contributed by atoms with Crippen LogP contribution in [0.25, 0.3) is 11.0 Å². The van der Waals surface area contributed by atoms with E-state index in [-0.39, 0.29) is 11.7 Å². The fourth-order valence-corrected chi connectivity index (χ4v) is 2.42. The Morgan fingerprint density at radius 3 is 2.62 bits per heavy atom. The zero-order chi connectivity index (χ0) is 15.0. The van der Waals surface area contributed by atoms with Crippen molar-refractivity contribution < 1.29 is 0 Å². The Morgan fingerprint density at radius 1 is 1.10 bits per heavy atom. The molecule has 0 saturated carbocycles. The normalized spacial score (nSPS) is 12.5. The number of imidazole rings is 1. The van der Waals surface area contributed by atoms with Crippen LogP contribution >= 0.6 is 0 Å². The van der Waals surface area contributed by atoms with Crippen molar-refractivity contribution in [2.75, 3.05) is 5.32 Å². The number of nitrogens with one attached hydrogen (secondary N) is 3. The minimum Gasteiger partial charge on any atom is -0.363 e. The number of aromatic nitrogens is 4. The van der Waals surface area contributed by atoms with Gasteiger partial charge in [0.1, 0.15) is 11.6 Å². The third-order valence-corrected chi connectivity index (χ3v) is 3.37. The molecule has 0 aliphatic heterocycles. The lowest BCUT2D eigenvalue weighted by Gasteiger charge is -2.15. The van der Waals surface area contributed by atoms with Gasteiger partial charge in [-0.2, -0.15) is 0 Å². The first kappa shape index (κ1) is 13.4. The molecule has 0 saturated heterocycles. The van der Waals surface area contributed by atoms with Gasteiger partial charge < -0.3 is 15.3 Å². The van der Waals surface area contributed by atoms with Crippen molar-refractivity contribution >= 4 is 16.9 Å². The van der Waals surface area contributed by atoms with Gasteiger partial charge in [0, 0.05) is 11.8 Å². The van der Waals surface area contributed by atoms with Crippen LogP contribution in [0.1, 0.15) is 30.0 Å². The molecule has 3 rings (SSSR count). The highest BCUT2D eigenvalue weighted by molar-refractivity contribution is 5.75. The molecule has 0 bridgehead atoms. The average molecular weight is 283 g/mol. The van der Waals surface area contributed by atoms with Gasteiger partial charge >= 0.3 is 5.69 Å². The van der Waals surface area contributed by atoms with E-state index in [0.717, 1.165) is 33.9 Å². The molecule has 6 nitrogen and oxygen atoms in total. The maximum absolute atomic E-state index is 11.3. The molecule has 0 aliphatic carbocycles. The number of benzene rings is 1. The van der Waals surface area contributed by atoms with Gasteiger partial charge in [-0.15, -0.1) is 0 Å².